The number of unbranched alkanes of at least 4 members (excludes halogenated alkanes) is 10. The second-order valence-electron chi connectivity index (χ2n) is 8.43. The average molecular weight is 397 g/mol. The van der Waals surface area contributed by atoms with Crippen LogP contribution in [-0.4, -0.2) is 25.2 Å². The van der Waals surface area contributed by atoms with Gasteiger partial charge in [0.2, 0.25) is 0 Å². The molecule has 1 fully saturated rings. The first kappa shape index (κ1) is 25.0. The van der Waals surface area contributed by atoms with E-state index in [1.165, 1.54) is 51.4 Å². The number of esters is 2. The Hall–Kier alpha value is -1.06. The van der Waals surface area contributed by atoms with Crippen molar-refractivity contribution in [1.82, 2.24) is 0 Å². The minimum Gasteiger partial charge on any atom is -0.465 e. The van der Waals surface area contributed by atoms with E-state index in [9.17, 15) is 9.59 Å². The summed E-state index contributed by atoms with van der Waals surface area (Å²) in [7, 11) is 0. The van der Waals surface area contributed by atoms with Crippen LogP contribution in [0.3, 0.4) is 0 Å². The highest BCUT2D eigenvalue weighted by molar-refractivity contribution is 5.76. The summed E-state index contributed by atoms with van der Waals surface area (Å²) in [4.78, 5) is 24.4. The van der Waals surface area contributed by atoms with E-state index in [0.29, 0.717) is 19.6 Å². The molecule has 0 aromatic rings. The first-order valence-electron chi connectivity index (χ1n) is 12.0. The smallest absolute Gasteiger partial charge is 0.308 e. The van der Waals surface area contributed by atoms with Gasteiger partial charge in [0, 0.05) is 0 Å². The maximum absolute atomic E-state index is 12.3. The van der Waals surface area contributed by atoms with Crippen molar-refractivity contribution in [1.29, 1.82) is 0 Å². The van der Waals surface area contributed by atoms with Gasteiger partial charge in [0.25, 0.3) is 0 Å². The summed E-state index contributed by atoms with van der Waals surface area (Å²) in [6.07, 6.45) is 17.9. The summed E-state index contributed by atoms with van der Waals surface area (Å²) in [6.45, 7) is 5.36. The molecule has 28 heavy (non-hydrogen) atoms. The summed E-state index contributed by atoms with van der Waals surface area (Å²) < 4.78 is 10.8. The molecule has 2 unspecified atom stereocenters. The SMILES string of the molecule is CCCCCCCCCCCCOC(=O)C1CCCC(C(=O)OCCCC)C1. The fraction of sp³-hybridized carbons (Fsp3) is 0.917. The zero-order chi connectivity index (χ0) is 20.5. The Bertz CT molecular complexity index is 407. The number of hydrogen-bond acceptors (Lipinski definition) is 4. The monoisotopic (exact) mass is 396 g/mol. The molecule has 0 radical (unpaired) electrons. The zero-order valence-corrected chi connectivity index (χ0v) is 18.5. The fourth-order valence-electron chi connectivity index (χ4n) is 3.93. The van der Waals surface area contributed by atoms with Gasteiger partial charge in [-0.25, -0.2) is 0 Å². The third-order valence-corrected chi connectivity index (χ3v) is 5.83. The molecule has 0 spiro atoms. The van der Waals surface area contributed by atoms with Gasteiger partial charge in [-0.2, -0.15) is 0 Å². The van der Waals surface area contributed by atoms with Gasteiger partial charge < -0.3 is 9.47 Å². The molecule has 0 bridgehead atoms. The normalized spacial score (nSPS) is 19.4. The van der Waals surface area contributed by atoms with Crippen LogP contribution < -0.4 is 0 Å². The van der Waals surface area contributed by atoms with Gasteiger partial charge in [-0.1, -0.05) is 84.5 Å². The van der Waals surface area contributed by atoms with Crippen LogP contribution in [-0.2, 0) is 19.1 Å². The van der Waals surface area contributed by atoms with Crippen LogP contribution in [0.25, 0.3) is 0 Å². The highest BCUT2D eigenvalue weighted by Gasteiger charge is 2.32. The molecule has 4 nitrogen and oxygen atoms in total. The molecule has 0 aromatic heterocycles. The Labute approximate surface area is 173 Å². The van der Waals surface area contributed by atoms with Gasteiger partial charge in [0.1, 0.15) is 0 Å². The second kappa shape index (κ2) is 16.9. The Balaban J connectivity index is 2.04. The molecule has 1 aliphatic carbocycles. The summed E-state index contributed by atoms with van der Waals surface area (Å²) >= 11 is 0. The Morgan fingerprint density at radius 2 is 1.07 bits per heavy atom. The largest absolute Gasteiger partial charge is 0.465 e. The number of carbonyl (C=O) groups excluding carboxylic acids is 2. The molecule has 4 heteroatoms. The van der Waals surface area contributed by atoms with Crippen molar-refractivity contribution < 1.29 is 19.1 Å². The minimum absolute atomic E-state index is 0.109. The van der Waals surface area contributed by atoms with Crippen LogP contribution in [0.5, 0.6) is 0 Å². The molecule has 1 saturated carbocycles. The Kier molecular flexibility index (Phi) is 15.0. The Morgan fingerprint density at radius 3 is 1.57 bits per heavy atom. The first-order chi connectivity index (χ1) is 13.7. The van der Waals surface area contributed by atoms with Crippen molar-refractivity contribution in [2.45, 2.75) is 117 Å². The molecule has 1 aliphatic rings. The van der Waals surface area contributed by atoms with E-state index in [-0.39, 0.29) is 23.8 Å². The first-order valence-corrected chi connectivity index (χ1v) is 12.0. The molecule has 0 amide bonds. The predicted molar refractivity (Wildman–Crippen MR) is 114 cm³/mol. The van der Waals surface area contributed by atoms with Crippen LogP contribution in [0.2, 0.25) is 0 Å². The molecule has 0 N–H and O–H groups in total. The van der Waals surface area contributed by atoms with E-state index in [2.05, 4.69) is 13.8 Å². The molecule has 164 valence electrons. The van der Waals surface area contributed by atoms with Gasteiger partial charge in [-0.05, 0) is 32.1 Å². The number of ether oxygens (including phenoxy) is 2. The molecular formula is C24H44O4. The average Bonchev–Trinajstić information content (AvgIpc) is 2.72. The maximum atomic E-state index is 12.3. The maximum Gasteiger partial charge on any atom is 0.308 e. The van der Waals surface area contributed by atoms with Crippen LogP contribution in [0, 0.1) is 11.8 Å². The second-order valence-corrected chi connectivity index (χ2v) is 8.43. The Morgan fingerprint density at radius 1 is 0.643 bits per heavy atom. The molecule has 2 atom stereocenters. The van der Waals surface area contributed by atoms with E-state index in [1.54, 1.807) is 0 Å². The van der Waals surface area contributed by atoms with E-state index in [0.717, 1.165) is 44.9 Å². The minimum atomic E-state index is -0.125. The molecule has 0 heterocycles. The van der Waals surface area contributed by atoms with Crippen molar-refractivity contribution in [3.63, 3.8) is 0 Å². The third-order valence-electron chi connectivity index (χ3n) is 5.83. The van der Waals surface area contributed by atoms with Crippen LogP contribution >= 0.6 is 0 Å². The summed E-state index contributed by atoms with van der Waals surface area (Å²) in [6, 6.07) is 0. The van der Waals surface area contributed by atoms with Crippen molar-refractivity contribution in [2.75, 3.05) is 13.2 Å². The quantitative estimate of drug-likeness (QED) is 0.218. The molecule has 1 rings (SSSR count). The van der Waals surface area contributed by atoms with E-state index in [1.807, 2.05) is 0 Å². The van der Waals surface area contributed by atoms with Crippen molar-refractivity contribution in [2.24, 2.45) is 11.8 Å². The summed E-state index contributed by atoms with van der Waals surface area (Å²) in [5, 5.41) is 0. The van der Waals surface area contributed by atoms with Crippen LogP contribution in [0.1, 0.15) is 117 Å². The summed E-state index contributed by atoms with van der Waals surface area (Å²) in [5.41, 5.74) is 0. The predicted octanol–water partition coefficient (Wildman–Crippen LogP) is 6.60. The van der Waals surface area contributed by atoms with Gasteiger partial charge in [-0.15, -0.1) is 0 Å². The van der Waals surface area contributed by atoms with Crippen LogP contribution in [0.4, 0.5) is 0 Å². The van der Waals surface area contributed by atoms with Crippen molar-refractivity contribution in [3.8, 4) is 0 Å². The zero-order valence-electron chi connectivity index (χ0n) is 18.5. The number of hydrogen-bond donors (Lipinski definition) is 0. The van der Waals surface area contributed by atoms with E-state index >= 15 is 0 Å². The van der Waals surface area contributed by atoms with Gasteiger partial charge in [0.05, 0.1) is 25.0 Å². The molecule has 0 saturated heterocycles. The lowest BCUT2D eigenvalue weighted by molar-refractivity contribution is -0.155. The highest BCUT2D eigenvalue weighted by atomic mass is 16.5. The van der Waals surface area contributed by atoms with E-state index in [4.69, 9.17) is 9.47 Å². The molecular weight excluding hydrogens is 352 g/mol. The third kappa shape index (κ3) is 11.7. The lowest BCUT2D eigenvalue weighted by Crippen LogP contribution is -2.30. The number of carbonyl (C=O) groups is 2. The van der Waals surface area contributed by atoms with Gasteiger partial charge >= 0.3 is 11.9 Å². The number of rotatable bonds is 16. The van der Waals surface area contributed by atoms with Crippen LogP contribution in [0.15, 0.2) is 0 Å². The van der Waals surface area contributed by atoms with Gasteiger partial charge in [-0.3, -0.25) is 9.59 Å². The molecule has 0 aliphatic heterocycles. The lowest BCUT2D eigenvalue weighted by Gasteiger charge is -2.26. The topological polar surface area (TPSA) is 52.6 Å². The highest BCUT2D eigenvalue weighted by Crippen LogP contribution is 2.31. The summed E-state index contributed by atoms with van der Waals surface area (Å²) in [5.74, 6) is -0.483. The lowest BCUT2D eigenvalue weighted by atomic mass is 9.81. The van der Waals surface area contributed by atoms with Crippen molar-refractivity contribution >= 4 is 11.9 Å². The van der Waals surface area contributed by atoms with Crippen molar-refractivity contribution in [3.05, 3.63) is 0 Å². The standard InChI is InChI=1S/C24H44O4/c1-3-5-7-8-9-10-11-12-13-14-19-28-24(26)22-17-15-16-21(20-22)23(25)27-18-6-4-2/h21-22H,3-20H2,1-2H3. The fourth-order valence-corrected chi connectivity index (χ4v) is 3.93. The van der Waals surface area contributed by atoms with Gasteiger partial charge in [0.15, 0.2) is 0 Å². The van der Waals surface area contributed by atoms with E-state index < -0.39 is 0 Å². The molecule has 0 aromatic carbocycles.